The highest BCUT2D eigenvalue weighted by Crippen LogP contribution is 2.36. The van der Waals surface area contributed by atoms with Crippen molar-refractivity contribution in [1.82, 2.24) is 0 Å². The molecular weight excluding hydrogens is 368 g/mol. The highest BCUT2D eigenvalue weighted by atomic mass is 35.5. The van der Waals surface area contributed by atoms with Crippen LogP contribution < -0.4 is 9.64 Å². The molecule has 0 atom stereocenters. The first kappa shape index (κ1) is 17.5. The Morgan fingerprint density at radius 1 is 1.04 bits per heavy atom. The first-order valence-corrected chi connectivity index (χ1v) is 8.16. The number of ether oxygens (including phenoxy) is 1. The molecule has 1 aliphatic rings. The van der Waals surface area contributed by atoms with Crippen LogP contribution >= 0.6 is 23.2 Å². The van der Waals surface area contributed by atoms with Crippen LogP contribution in [0, 0.1) is 5.82 Å². The highest BCUT2D eigenvalue weighted by molar-refractivity contribution is 6.60. The summed E-state index contributed by atoms with van der Waals surface area (Å²) in [5.41, 5.74) is 0.721. The lowest BCUT2D eigenvalue weighted by atomic mass is 10.1. The number of nitrogens with zero attached hydrogens (tertiary/aromatic N) is 1. The molecule has 0 saturated heterocycles. The Morgan fingerprint density at radius 3 is 2.32 bits per heavy atom. The summed E-state index contributed by atoms with van der Waals surface area (Å²) in [5, 5.41) is -0.390. The molecule has 0 bridgehead atoms. The van der Waals surface area contributed by atoms with Gasteiger partial charge < -0.3 is 4.74 Å². The summed E-state index contributed by atoms with van der Waals surface area (Å²) in [6.45, 7) is 2.37. The van der Waals surface area contributed by atoms with Crippen LogP contribution in [0.15, 0.2) is 47.5 Å². The monoisotopic (exact) mass is 379 g/mol. The van der Waals surface area contributed by atoms with E-state index in [1.807, 2.05) is 6.92 Å². The van der Waals surface area contributed by atoms with Crippen molar-refractivity contribution < 1.29 is 18.7 Å². The molecule has 3 rings (SSSR count). The van der Waals surface area contributed by atoms with Crippen LogP contribution in [0.2, 0.25) is 5.02 Å². The minimum Gasteiger partial charge on any atom is -0.494 e. The second kappa shape index (κ2) is 6.86. The molecule has 1 aliphatic heterocycles. The van der Waals surface area contributed by atoms with Crippen molar-refractivity contribution in [1.29, 1.82) is 0 Å². The molecule has 128 valence electrons. The van der Waals surface area contributed by atoms with Gasteiger partial charge in [0.2, 0.25) is 0 Å². The second-order valence-electron chi connectivity index (χ2n) is 5.19. The number of carbonyl (C=O) groups is 2. The SMILES string of the molecule is CCOc1ccc(C2=C(Cl)C(=O)N(c3ccc(F)c(Cl)c3)C2=O)cc1. The van der Waals surface area contributed by atoms with E-state index in [2.05, 4.69) is 0 Å². The molecule has 4 nitrogen and oxygen atoms in total. The lowest BCUT2D eigenvalue weighted by molar-refractivity contribution is -0.119. The zero-order valence-electron chi connectivity index (χ0n) is 13.1. The lowest BCUT2D eigenvalue weighted by Gasteiger charge is -2.15. The van der Waals surface area contributed by atoms with E-state index in [1.165, 1.54) is 12.1 Å². The Hall–Kier alpha value is -2.37. The number of rotatable bonds is 4. The highest BCUT2D eigenvalue weighted by Gasteiger charge is 2.39. The Kier molecular flexibility index (Phi) is 4.79. The van der Waals surface area contributed by atoms with Gasteiger partial charge in [0.05, 0.1) is 22.9 Å². The molecule has 0 aliphatic carbocycles. The molecule has 0 saturated carbocycles. The smallest absolute Gasteiger partial charge is 0.277 e. The normalized spacial score (nSPS) is 14.5. The van der Waals surface area contributed by atoms with Crippen molar-refractivity contribution in [3.8, 4) is 5.75 Å². The summed E-state index contributed by atoms with van der Waals surface area (Å²) < 4.78 is 18.7. The van der Waals surface area contributed by atoms with Crippen LogP contribution in [0.4, 0.5) is 10.1 Å². The average molecular weight is 380 g/mol. The fraction of sp³-hybridized carbons (Fsp3) is 0.111. The van der Waals surface area contributed by atoms with Gasteiger partial charge in [-0.05, 0) is 42.8 Å². The summed E-state index contributed by atoms with van der Waals surface area (Å²) in [4.78, 5) is 26.0. The molecule has 0 radical (unpaired) electrons. The fourth-order valence-corrected chi connectivity index (χ4v) is 2.95. The van der Waals surface area contributed by atoms with Gasteiger partial charge in [-0.15, -0.1) is 0 Å². The standard InChI is InChI=1S/C18H12Cl2FNO3/c1-2-25-12-6-3-10(4-7-12)15-16(20)18(24)22(17(15)23)11-5-8-14(21)13(19)9-11/h3-9H,2H2,1H3. The molecule has 0 unspecified atom stereocenters. The summed E-state index contributed by atoms with van der Waals surface area (Å²) in [6, 6.07) is 10.3. The van der Waals surface area contributed by atoms with Crippen LogP contribution in [-0.2, 0) is 9.59 Å². The Labute approximate surface area is 153 Å². The number of hydrogen-bond acceptors (Lipinski definition) is 3. The number of anilines is 1. The van der Waals surface area contributed by atoms with E-state index in [-0.39, 0.29) is 21.3 Å². The quantitative estimate of drug-likeness (QED) is 0.739. The van der Waals surface area contributed by atoms with E-state index < -0.39 is 17.6 Å². The fourth-order valence-electron chi connectivity index (χ4n) is 2.50. The zero-order chi connectivity index (χ0) is 18.1. The van der Waals surface area contributed by atoms with Crippen molar-refractivity contribution in [2.75, 3.05) is 11.5 Å². The molecule has 7 heteroatoms. The summed E-state index contributed by atoms with van der Waals surface area (Å²) in [6.07, 6.45) is 0. The van der Waals surface area contributed by atoms with Crippen LogP contribution in [0.3, 0.4) is 0 Å². The van der Waals surface area contributed by atoms with Gasteiger partial charge in [0.15, 0.2) is 0 Å². The summed E-state index contributed by atoms with van der Waals surface area (Å²) in [5.74, 6) is -1.28. The van der Waals surface area contributed by atoms with Gasteiger partial charge in [-0.2, -0.15) is 0 Å². The van der Waals surface area contributed by atoms with Crippen molar-refractivity contribution >= 4 is 46.3 Å². The minimum atomic E-state index is -0.682. The molecule has 0 N–H and O–H groups in total. The van der Waals surface area contributed by atoms with Gasteiger partial charge in [-0.25, -0.2) is 9.29 Å². The molecule has 2 aromatic carbocycles. The topological polar surface area (TPSA) is 46.6 Å². The first-order valence-electron chi connectivity index (χ1n) is 7.41. The molecule has 2 amide bonds. The van der Waals surface area contributed by atoms with Crippen LogP contribution in [0.1, 0.15) is 12.5 Å². The number of benzene rings is 2. The molecule has 25 heavy (non-hydrogen) atoms. The molecule has 1 heterocycles. The van der Waals surface area contributed by atoms with Crippen molar-refractivity contribution in [2.24, 2.45) is 0 Å². The molecular formula is C18H12Cl2FNO3. The van der Waals surface area contributed by atoms with E-state index in [9.17, 15) is 14.0 Å². The van der Waals surface area contributed by atoms with Gasteiger partial charge in [0, 0.05) is 0 Å². The Balaban J connectivity index is 1.97. The Morgan fingerprint density at radius 2 is 1.72 bits per heavy atom. The predicted molar refractivity (Wildman–Crippen MR) is 94.3 cm³/mol. The first-order chi connectivity index (χ1) is 11.9. The van der Waals surface area contributed by atoms with Gasteiger partial charge >= 0.3 is 0 Å². The maximum absolute atomic E-state index is 13.3. The van der Waals surface area contributed by atoms with Crippen LogP contribution in [0.25, 0.3) is 5.57 Å². The summed E-state index contributed by atoms with van der Waals surface area (Å²) >= 11 is 11.8. The van der Waals surface area contributed by atoms with Gasteiger partial charge in [-0.1, -0.05) is 35.3 Å². The molecule has 0 aromatic heterocycles. The number of hydrogen-bond donors (Lipinski definition) is 0. The van der Waals surface area contributed by atoms with E-state index >= 15 is 0 Å². The van der Waals surface area contributed by atoms with Gasteiger partial charge in [0.25, 0.3) is 11.8 Å². The lowest BCUT2D eigenvalue weighted by Crippen LogP contribution is -2.31. The molecule has 0 spiro atoms. The van der Waals surface area contributed by atoms with E-state index in [4.69, 9.17) is 27.9 Å². The number of imide groups is 1. The van der Waals surface area contributed by atoms with Crippen LogP contribution in [-0.4, -0.2) is 18.4 Å². The van der Waals surface area contributed by atoms with Crippen molar-refractivity contribution in [3.63, 3.8) is 0 Å². The third kappa shape index (κ3) is 3.13. The van der Waals surface area contributed by atoms with E-state index in [1.54, 1.807) is 24.3 Å². The van der Waals surface area contributed by atoms with E-state index in [0.717, 1.165) is 11.0 Å². The number of halogens is 3. The largest absolute Gasteiger partial charge is 0.494 e. The minimum absolute atomic E-state index is 0.0789. The summed E-state index contributed by atoms with van der Waals surface area (Å²) in [7, 11) is 0. The molecule has 0 fully saturated rings. The van der Waals surface area contributed by atoms with Crippen molar-refractivity contribution in [3.05, 3.63) is 63.9 Å². The molecule has 2 aromatic rings. The zero-order valence-corrected chi connectivity index (χ0v) is 14.6. The van der Waals surface area contributed by atoms with Crippen LogP contribution in [0.5, 0.6) is 5.75 Å². The van der Waals surface area contributed by atoms with Gasteiger partial charge in [-0.3, -0.25) is 9.59 Å². The maximum Gasteiger partial charge on any atom is 0.277 e. The third-order valence-corrected chi connectivity index (χ3v) is 4.28. The average Bonchev–Trinajstić information content (AvgIpc) is 2.81. The third-order valence-electron chi connectivity index (χ3n) is 3.64. The van der Waals surface area contributed by atoms with Gasteiger partial charge in [0.1, 0.15) is 16.6 Å². The predicted octanol–water partition coefficient (Wildman–Crippen LogP) is 4.40. The number of carbonyl (C=O) groups excluding carboxylic acids is 2. The van der Waals surface area contributed by atoms with Crippen molar-refractivity contribution in [2.45, 2.75) is 6.92 Å². The Bertz CT molecular complexity index is 894. The maximum atomic E-state index is 13.3. The van der Waals surface area contributed by atoms with E-state index in [0.29, 0.717) is 17.9 Å². The second-order valence-corrected chi connectivity index (χ2v) is 5.98. The number of amides is 2.